The Bertz CT molecular complexity index is 219. The third-order valence-electron chi connectivity index (χ3n) is 0. The van der Waals surface area contributed by atoms with Crippen molar-refractivity contribution < 1.29 is 111 Å². The molecule has 0 aromatic heterocycles. The van der Waals surface area contributed by atoms with Crippen LogP contribution in [0.15, 0.2) is 0 Å². The maximum atomic E-state index is 8.55. The number of hydrogen-bond donors (Lipinski definition) is 0. The van der Waals surface area contributed by atoms with Crippen molar-refractivity contribution in [3.8, 4) is 0 Å². The Balaban J connectivity index is -0.0000000206. The molecule has 0 aliphatic heterocycles. The van der Waals surface area contributed by atoms with E-state index in [1.807, 2.05) is 0 Å². The van der Waals surface area contributed by atoms with Crippen LogP contribution in [-0.2, 0) is 47.8 Å². The third kappa shape index (κ3) is 1670. The first kappa shape index (κ1) is 42.9. The molecule has 0 aromatic rings. The van der Waals surface area contributed by atoms with Gasteiger partial charge in [-0.1, -0.05) is 0 Å². The first-order valence-electron chi connectivity index (χ1n) is 2.19. The Morgan fingerprint density at radius 1 is 0.526 bits per heavy atom. The first-order valence-corrected chi connectivity index (χ1v) is 6.57. The van der Waals surface area contributed by atoms with Crippen LogP contribution in [-0.4, -0.2) is 0 Å². The van der Waals surface area contributed by atoms with E-state index >= 15 is 0 Å². The summed E-state index contributed by atoms with van der Waals surface area (Å²) in [5.41, 5.74) is 0. The average molecular weight is 415 g/mol. The van der Waals surface area contributed by atoms with Crippen LogP contribution < -0.4 is 62.9 Å². The van der Waals surface area contributed by atoms with Gasteiger partial charge in [-0.15, -0.1) is 0 Å². The summed E-state index contributed by atoms with van der Waals surface area (Å²) in [5.74, 6) is 0. The number of hydrogen-bond acceptors (Lipinski definition) is 12. The van der Waals surface area contributed by atoms with Crippen molar-refractivity contribution in [3.63, 3.8) is 0 Å². The third-order valence-corrected chi connectivity index (χ3v) is 0. The van der Waals surface area contributed by atoms with Crippen molar-refractivity contribution in [3.05, 3.63) is 7.43 Å². The molecule has 0 aromatic carbocycles. The van der Waals surface area contributed by atoms with Gasteiger partial charge in [-0.05, 0) is 0 Å². The second-order valence-corrected chi connectivity index (χ2v) is 4.02. The zero-order chi connectivity index (χ0) is 13.5. The number of rotatable bonds is 0. The predicted octanol–water partition coefficient (Wildman–Crippen LogP) is -11.4. The molecule has 12 nitrogen and oxygen atoms in total. The van der Waals surface area contributed by atoms with Crippen LogP contribution in [0.3, 0.4) is 0 Å². The molecular formula is CFeLiMnO12P3. The van der Waals surface area contributed by atoms with Gasteiger partial charge in [0.2, 0.25) is 0 Å². The molecule has 19 heavy (non-hydrogen) atoms. The Hall–Kier alpha value is 1.97. The molecule has 0 N–H and O–H groups in total. The van der Waals surface area contributed by atoms with E-state index in [0.29, 0.717) is 0 Å². The Morgan fingerprint density at radius 2 is 0.526 bits per heavy atom. The molecule has 0 saturated heterocycles. The fourth-order valence-corrected chi connectivity index (χ4v) is 0. The summed E-state index contributed by atoms with van der Waals surface area (Å²) >= 11 is 0. The average Bonchev–Trinajstić information content (AvgIpc) is 1.41. The van der Waals surface area contributed by atoms with Crippen LogP contribution in [0, 0.1) is 7.43 Å². The summed E-state index contributed by atoms with van der Waals surface area (Å²) in [4.78, 5) is 76.9. The fraction of sp³-hybridized carbons (Fsp3) is 0. The normalized spacial score (nSPS) is 9.32. The van der Waals surface area contributed by atoms with E-state index in [1.165, 1.54) is 0 Å². The van der Waals surface area contributed by atoms with Gasteiger partial charge in [0.25, 0.3) is 0 Å². The van der Waals surface area contributed by atoms with E-state index < -0.39 is 23.5 Å². The van der Waals surface area contributed by atoms with E-state index in [0.717, 1.165) is 0 Å². The molecule has 0 unspecified atom stereocenters. The van der Waals surface area contributed by atoms with Gasteiger partial charge >= 0.3 is 60.4 Å². The molecule has 0 rings (SSSR count). The Morgan fingerprint density at radius 3 is 0.526 bits per heavy atom. The monoisotopic (exact) mass is 415 g/mol. The second-order valence-electron chi connectivity index (χ2n) is 1.34. The van der Waals surface area contributed by atoms with E-state index in [2.05, 4.69) is 0 Å². The molecule has 0 spiro atoms. The van der Waals surface area contributed by atoms with Crippen molar-refractivity contribution in [2.75, 3.05) is 0 Å². The summed E-state index contributed by atoms with van der Waals surface area (Å²) < 4.78 is 25.6. The van der Waals surface area contributed by atoms with Gasteiger partial charge in [0, 0.05) is 0 Å². The zero-order valence-corrected chi connectivity index (χ0v) is 13.4. The van der Waals surface area contributed by atoms with Crippen molar-refractivity contribution in [1.82, 2.24) is 0 Å². The van der Waals surface area contributed by atoms with E-state index in [-0.39, 0.29) is 60.4 Å². The summed E-state index contributed by atoms with van der Waals surface area (Å²) in [6.45, 7) is 0. The van der Waals surface area contributed by atoms with Crippen LogP contribution in [0.25, 0.3) is 0 Å². The number of phosphoric acid groups is 3. The standard InChI is InChI=1S/C.Fe.Li.Mn.3H3O4P/c;;;;3*1-5(2,3)4/h;;;;3*(H3,1,2,3,4)/q+4;+2;+1;+2;;;/p-9. The van der Waals surface area contributed by atoms with Crippen molar-refractivity contribution in [2.45, 2.75) is 0 Å². The molecule has 0 fully saturated rings. The molecule has 0 amide bonds. The van der Waals surface area contributed by atoms with Crippen molar-refractivity contribution in [1.29, 1.82) is 0 Å². The smallest absolute Gasteiger partial charge is 0.822 e. The molecule has 0 aliphatic carbocycles. The largest absolute Gasteiger partial charge is 4.00 e. The quantitative estimate of drug-likeness (QED) is 0.264. The van der Waals surface area contributed by atoms with Gasteiger partial charge in [-0.3, -0.25) is 0 Å². The van der Waals surface area contributed by atoms with Gasteiger partial charge in [0.1, 0.15) is 0 Å². The zero-order valence-electron chi connectivity index (χ0n) is 8.47. The maximum absolute atomic E-state index is 8.55. The van der Waals surface area contributed by atoms with Crippen LogP contribution in [0.2, 0.25) is 0 Å². The molecular weight excluding hydrogens is 415 g/mol. The van der Waals surface area contributed by atoms with Crippen molar-refractivity contribution >= 4 is 23.5 Å². The summed E-state index contributed by atoms with van der Waals surface area (Å²) in [7, 11) is -16.2. The SMILES string of the molecule is O=P([O-])([O-])[O-].O=P([O-])([O-])[O-].O=P([O-])([O-])[O-].[C+4].[Fe+2].[Li+].[Mn+2]. The van der Waals surface area contributed by atoms with Crippen LogP contribution in [0.5, 0.6) is 0 Å². The van der Waals surface area contributed by atoms with E-state index in [1.54, 1.807) is 0 Å². The fourth-order valence-electron chi connectivity index (χ4n) is 0. The van der Waals surface area contributed by atoms with Crippen LogP contribution in [0.4, 0.5) is 0 Å². The van der Waals surface area contributed by atoms with Gasteiger partial charge < -0.3 is 57.7 Å². The molecule has 0 aliphatic rings. The minimum atomic E-state index is -5.39. The van der Waals surface area contributed by atoms with Gasteiger partial charge in [-0.25, -0.2) is 0 Å². The molecule has 18 heteroatoms. The predicted molar refractivity (Wildman–Crippen MR) is 26.1 cm³/mol. The van der Waals surface area contributed by atoms with Gasteiger partial charge in [0.15, 0.2) is 0 Å². The van der Waals surface area contributed by atoms with Gasteiger partial charge in [-0.2, -0.15) is 23.5 Å². The topological polar surface area (TPSA) is 259 Å². The minimum Gasteiger partial charge on any atom is -0.822 e. The molecule has 107 valence electrons. The molecule has 0 bridgehead atoms. The van der Waals surface area contributed by atoms with Crippen molar-refractivity contribution in [2.24, 2.45) is 0 Å². The minimum absolute atomic E-state index is 0. The summed E-state index contributed by atoms with van der Waals surface area (Å²) in [6.07, 6.45) is 0. The van der Waals surface area contributed by atoms with E-state index in [4.69, 9.17) is 57.7 Å². The van der Waals surface area contributed by atoms with Gasteiger partial charge in [0.05, 0.1) is 0 Å². The maximum Gasteiger partial charge on any atom is 4.00 e. The van der Waals surface area contributed by atoms with E-state index in [9.17, 15) is 0 Å². The summed E-state index contributed by atoms with van der Waals surface area (Å²) in [5, 5.41) is 0. The Kier molecular flexibility index (Phi) is 40.6. The second kappa shape index (κ2) is 18.0. The molecule has 0 atom stereocenters. The molecule has 0 saturated carbocycles. The first-order chi connectivity index (χ1) is 6.00. The van der Waals surface area contributed by atoms with Crippen LogP contribution in [0.1, 0.15) is 0 Å². The Labute approximate surface area is 141 Å². The summed E-state index contributed by atoms with van der Waals surface area (Å²) in [6, 6.07) is 0. The molecule has 1 radical (unpaired) electrons. The molecule has 0 heterocycles. The van der Waals surface area contributed by atoms with Crippen LogP contribution >= 0.6 is 23.5 Å².